The number of aromatic nitrogens is 2. The number of hydrogen-bond donors (Lipinski definition) is 1. The van der Waals surface area contributed by atoms with Crippen LogP contribution in [0.5, 0.6) is 11.6 Å². The summed E-state index contributed by atoms with van der Waals surface area (Å²) in [6.07, 6.45) is 1.46. The second-order valence-corrected chi connectivity index (χ2v) is 7.13. The molecule has 0 bridgehead atoms. The van der Waals surface area contributed by atoms with Crippen molar-refractivity contribution in [3.05, 3.63) is 54.0 Å². The Bertz CT molecular complexity index is 881. The normalized spacial score (nSPS) is 11.1. The van der Waals surface area contributed by atoms with E-state index in [1.54, 1.807) is 19.2 Å². The molecule has 0 saturated heterocycles. The van der Waals surface area contributed by atoms with E-state index in [1.165, 1.54) is 6.20 Å². The van der Waals surface area contributed by atoms with Crippen LogP contribution in [0.3, 0.4) is 0 Å². The standard InChI is InChI=1S/C18H22N2O6S/c1-4-25-13(2)17-19-11-15(9-10-27(21,22)23)18(20-17)26-12-14-5-7-16(24-3)8-6-14/h5-8,11H,2,4,9-10,12H2,1,3H3,(H,21,22,23). The maximum Gasteiger partial charge on any atom is 0.265 e. The molecule has 1 aromatic heterocycles. The maximum atomic E-state index is 11.0. The minimum atomic E-state index is -4.12. The zero-order valence-corrected chi connectivity index (χ0v) is 16.0. The summed E-state index contributed by atoms with van der Waals surface area (Å²) in [4.78, 5) is 8.41. The van der Waals surface area contributed by atoms with Gasteiger partial charge < -0.3 is 14.2 Å². The molecule has 0 fully saturated rings. The van der Waals surface area contributed by atoms with Crippen LogP contribution in [0.1, 0.15) is 23.9 Å². The van der Waals surface area contributed by atoms with E-state index in [-0.39, 0.29) is 30.5 Å². The van der Waals surface area contributed by atoms with E-state index in [0.29, 0.717) is 12.2 Å². The molecule has 0 spiro atoms. The van der Waals surface area contributed by atoms with Gasteiger partial charge in [0.25, 0.3) is 10.1 Å². The van der Waals surface area contributed by atoms with Gasteiger partial charge in [-0.3, -0.25) is 4.55 Å². The molecule has 0 amide bonds. The van der Waals surface area contributed by atoms with E-state index in [9.17, 15) is 8.42 Å². The first-order valence-electron chi connectivity index (χ1n) is 8.21. The monoisotopic (exact) mass is 394 g/mol. The number of hydrogen-bond acceptors (Lipinski definition) is 7. The molecular formula is C18H22N2O6S. The highest BCUT2D eigenvalue weighted by Gasteiger charge is 2.14. The van der Waals surface area contributed by atoms with Crippen molar-refractivity contribution in [3.8, 4) is 11.6 Å². The van der Waals surface area contributed by atoms with Gasteiger partial charge in [0.1, 0.15) is 12.4 Å². The van der Waals surface area contributed by atoms with Crippen molar-refractivity contribution < 1.29 is 27.2 Å². The van der Waals surface area contributed by atoms with Crippen molar-refractivity contribution in [2.45, 2.75) is 20.0 Å². The molecule has 0 aliphatic heterocycles. The average Bonchev–Trinajstić information content (AvgIpc) is 2.65. The molecule has 1 heterocycles. The molecule has 1 aromatic carbocycles. The van der Waals surface area contributed by atoms with Gasteiger partial charge in [-0.2, -0.15) is 13.4 Å². The van der Waals surface area contributed by atoms with Crippen LogP contribution >= 0.6 is 0 Å². The topological polar surface area (TPSA) is 108 Å². The van der Waals surface area contributed by atoms with Crippen molar-refractivity contribution in [3.63, 3.8) is 0 Å². The van der Waals surface area contributed by atoms with Gasteiger partial charge in [0.2, 0.25) is 5.88 Å². The van der Waals surface area contributed by atoms with Crippen LogP contribution in [0.2, 0.25) is 0 Å². The average molecular weight is 394 g/mol. The molecule has 9 heteroatoms. The molecule has 1 N–H and O–H groups in total. The first-order valence-corrected chi connectivity index (χ1v) is 9.82. The summed E-state index contributed by atoms with van der Waals surface area (Å²) in [5, 5.41) is 0. The van der Waals surface area contributed by atoms with Gasteiger partial charge in [-0.15, -0.1) is 0 Å². The Balaban J connectivity index is 2.21. The third-order valence-corrected chi connectivity index (χ3v) is 4.28. The summed E-state index contributed by atoms with van der Waals surface area (Å²) in [7, 11) is -2.53. The van der Waals surface area contributed by atoms with Crippen molar-refractivity contribution in [2.24, 2.45) is 0 Å². The van der Waals surface area contributed by atoms with E-state index in [1.807, 2.05) is 19.1 Å². The first kappa shape index (κ1) is 20.7. The fourth-order valence-corrected chi connectivity index (χ4v) is 2.65. The predicted molar refractivity (Wildman–Crippen MR) is 100 cm³/mol. The number of benzene rings is 1. The Morgan fingerprint density at radius 1 is 1.26 bits per heavy atom. The summed E-state index contributed by atoms with van der Waals surface area (Å²) < 4.78 is 47.3. The molecule has 146 valence electrons. The summed E-state index contributed by atoms with van der Waals surface area (Å²) in [5.74, 6) is 1.01. The number of ether oxygens (including phenoxy) is 3. The first-order chi connectivity index (χ1) is 12.8. The Morgan fingerprint density at radius 2 is 1.96 bits per heavy atom. The lowest BCUT2D eigenvalue weighted by molar-refractivity contribution is 0.281. The smallest absolute Gasteiger partial charge is 0.265 e. The van der Waals surface area contributed by atoms with Crippen molar-refractivity contribution in [1.82, 2.24) is 9.97 Å². The van der Waals surface area contributed by atoms with Gasteiger partial charge in [-0.25, -0.2) is 4.98 Å². The van der Waals surface area contributed by atoms with E-state index in [2.05, 4.69) is 16.5 Å². The molecule has 0 aliphatic rings. The number of nitrogens with zero attached hydrogens (tertiary/aromatic N) is 2. The Morgan fingerprint density at radius 3 is 2.56 bits per heavy atom. The Labute approximate surface area is 158 Å². The summed E-state index contributed by atoms with van der Waals surface area (Å²) in [6.45, 7) is 6.19. The van der Waals surface area contributed by atoms with Gasteiger partial charge in [0, 0.05) is 11.8 Å². The molecule has 0 radical (unpaired) electrons. The van der Waals surface area contributed by atoms with Gasteiger partial charge in [0.05, 0.1) is 19.5 Å². The highest BCUT2D eigenvalue weighted by Crippen LogP contribution is 2.21. The van der Waals surface area contributed by atoms with Crippen molar-refractivity contribution in [2.75, 3.05) is 19.5 Å². The number of aryl methyl sites for hydroxylation is 1. The number of methoxy groups -OCH3 is 1. The number of rotatable bonds is 10. The molecule has 0 atom stereocenters. The van der Waals surface area contributed by atoms with Gasteiger partial charge in [-0.1, -0.05) is 18.7 Å². The zero-order chi connectivity index (χ0) is 19.9. The molecule has 27 heavy (non-hydrogen) atoms. The lowest BCUT2D eigenvalue weighted by Crippen LogP contribution is -2.10. The lowest BCUT2D eigenvalue weighted by Gasteiger charge is -2.13. The van der Waals surface area contributed by atoms with Gasteiger partial charge in [0.15, 0.2) is 11.6 Å². The molecule has 2 rings (SSSR count). The van der Waals surface area contributed by atoms with Crippen molar-refractivity contribution >= 4 is 15.9 Å². The minimum absolute atomic E-state index is 0.0121. The second-order valence-electron chi connectivity index (χ2n) is 5.55. The van der Waals surface area contributed by atoms with E-state index in [4.69, 9.17) is 18.8 Å². The zero-order valence-electron chi connectivity index (χ0n) is 15.2. The third kappa shape index (κ3) is 6.54. The molecule has 0 saturated carbocycles. The Hall–Kier alpha value is -2.65. The highest BCUT2D eigenvalue weighted by molar-refractivity contribution is 7.85. The summed E-state index contributed by atoms with van der Waals surface area (Å²) in [6, 6.07) is 7.30. The lowest BCUT2D eigenvalue weighted by atomic mass is 10.2. The maximum absolute atomic E-state index is 11.0. The molecule has 8 nitrogen and oxygen atoms in total. The van der Waals surface area contributed by atoms with Gasteiger partial charge in [-0.05, 0) is 31.0 Å². The van der Waals surface area contributed by atoms with E-state index >= 15 is 0 Å². The quantitative estimate of drug-likeness (QED) is 0.484. The molecule has 0 aliphatic carbocycles. The van der Waals surface area contributed by atoms with Crippen LogP contribution in [-0.4, -0.2) is 42.4 Å². The summed E-state index contributed by atoms with van der Waals surface area (Å²) in [5.41, 5.74) is 1.33. The van der Waals surface area contributed by atoms with Gasteiger partial charge >= 0.3 is 0 Å². The van der Waals surface area contributed by atoms with Crippen LogP contribution in [0.25, 0.3) is 5.76 Å². The summed E-state index contributed by atoms with van der Waals surface area (Å²) >= 11 is 0. The fraction of sp³-hybridized carbons (Fsp3) is 0.333. The fourth-order valence-electron chi connectivity index (χ4n) is 2.17. The van der Waals surface area contributed by atoms with Crippen LogP contribution in [0.4, 0.5) is 0 Å². The van der Waals surface area contributed by atoms with Crippen LogP contribution in [0, 0.1) is 0 Å². The third-order valence-electron chi connectivity index (χ3n) is 3.56. The predicted octanol–water partition coefficient (Wildman–Crippen LogP) is 2.50. The Kier molecular flexibility index (Phi) is 7.14. The SMILES string of the molecule is C=C(OCC)c1ncc(CCS(=O)(=O)O)c(OCc2ccc(OC)cc2)n1. The molecular weight excluding hydrogens is 372 g/mol. The van der Waals surface area contributed by atoms with E-state index < -0.39 is 15.9 Å². The van der Waals surface area contributed by atoms with Crippen LogP contribution < -0.4 is 9.47 Å². The van der Waals surface area contributed by atoms with Crippen LogP contribution in [-0.2, 0) is 27.9 Å². The minimum Gasteiger partial charge on any atom is -0.497 e. The second kappa shape index (κ2) is 9.33. The van der Waals surface area contributed by atoms with Crippen LogP contribution in [0.15, 0.2) is 37.0 Å². The van der Waals surface area contributed by atoms with E-state index in [0.717, 1.165) is 11.3 Å². The highest BCUT2D eigenvalue weighted by atomic mass is 32.2. The molecule has 0 unspecified atom stereocenters. The largest absolute Gasteiger partial charge is 0.497 e. The molecule has 2 aromatic rings. The van der Waals surface area contributed by atoms with Crippen molar-refractivity contribution in [1.29, 1.82) is 0 Å².